The van der Waals surface area contributed by atoms with Gasteiger partial charge < -0.3 is 10.2 Å². The number of rotatable bonds is 4. The standard InChI is InChI=1S/C14H20N4O/c1-3-10-6-13(16-9(2)15-10)17-11-7-14(19)18(8-11)12-4-5-12/h6,11-12H,3-5,7-8H2,1-2H3,(H,15,16,17). The molecule has 19 heavy (non-hydrogen) atoms. The number of hydrogen-bond acceptors (Lipinski definition) is 4. The third-order valence-electron chi connectivity index (χ3n) is 3.75. The minimum atomic E-state index is 0.187. The molecule has 1 unspecified atom stereocenters. The number of aryl methyl sites for hydroxylation is 2. The molecule has 1 atom stereocenters. The molecule has 1 aliphatic carbocycles. The molecule has 1 N–H and O–H groups in total. The highest BCUT2D eigenvalue weighted by atomic mass is 16.2. The molecule has 2 fully saturated rings. The number of carbonyl (C=O) groups excluding carboxylic acids is 1. The Morgan fingerprint density at radius 1 is 1.42 bits per heavy atom. The van der Waals surface area contributed by atoms with Crippen molar-refractivity contribution in [3.05, 3.63) is 17.6 Å². The van der Waals surface area contributed by atoms with Crippen molar-refractivity contribution in [2.24, 2.45) is 0 Å². The van der Waals surface area contributed by atoms with E-state index in [1.807, 2.05) is 17.9 Å². The normalized spacial score (nSPS) is 22.9. The van der Waals surface area contributed by atoms with E-state index in [1.54, 1.807) is 0 Å². The Morgan fingerprint density at radius 3 is 2.89 bits per heavy atom. The van der Waals surface area contributed by atoms with Crippen LogP contribution in [0, 0.1) is 6.92 Å². The molecule has 5 heteroatoms. The van der Waals surface area contributed by atoms with Gasteiger partial charge in [0.15, 0.2) is 0 Å². The number of nitrogens with zero attached hydrogens (tertiary/aromatic N) is 3. The Bertz CT molecular complexity index is 498. The maximum Gasteiger partial charge on any atom is 0.225 e. The molecular formula is C14H20N4O. The number of amides is 1. The highest BCUT2D eigenvalue weighted by molar-refractivity contribution is 5.80. The van der Waals surface area contributed by atoms with Crippen LogP contribution in [0.2, 0.25) is 0 Å². The van der Waals surface area contributed by atoms with Gasteiger partial charge in [-0.15, -0.1) is 0 Å². The van der Waals surface area contributed by atoms with Crippen LogP contribution < -0.4 is 5.32 Å². The van der Waals surface area contributed by atoms with Gasteiger partial charge in [-0.1, -0.05) is 6.92 Å². The second kappa shape index (κ2) is 4.79. The summed E-state index contributed by atoms with van der Waals surface area (Å²) in [7, 11) is 0. The zero-order valence-electron chi connectivity index (χ0n) is 11.5. The molecule has 5 nitrogen and oxygen atoms in total. The molecule has 1 aromatic heterocycles. The summed E-state index contributed by atoms with van der Waals surface area (Å²) >= 11 is 0. The summed E-state index contributed by atoms with van der Waals surface area (Å²) in [6, 6.07) is 2.68. The topological polar surface area (TPSA) is 58.1 Å². The van der Waals surface area contributed by atoms with Crippen LogP contribution in [-0.4, -0.2) is 39.4 Å². The molecule has 3 rings (SSSR count). The first kappa shape index (κ1) is 12.4. The second-order valence-electron chi connectivity index (χ2n) is 5.47. The lowest BCUT2D eigenvalue weighted by atomic mass is 10.2. The number of anilines is 1. The van der Waals surface area contributed by atoms with Gasteiger partial charge in [-0.05, 0) is 26.2 Å². The van der Waals surface area contributed by atoms with Crippen molar-refractivity contribution < 1.29 is 4.79 Å². The minimum Gasteiger partial charge on any atom is -0.365 e. The zero-order valence-corrected chi connectivity index (χ0v) is 11.5. The minimum absolute atomic E-state index is 0.187. The lowest BCUT2D eigenvalue weighted by molar-refractivity contribution is -0.128. The quantitative estimate of drug-likeness (QED) is 0.891. The predicted molar refractivity (Wildman–Crippen MR) is 72.9 cm³/mol. The molecule has 1 saturated carbocycles. The number of likely N-dealkylation sites (tertiary alicyclic amines) is 1. The van der Waals surface area contributed by atoms with Gasteiger partial charge in [-0.25, -0.2) is 9.97 Å². The van der Waals surface area contributed by atoms with Crippen LogP contribution in [0.4, 0.5) is 5.82 Å². The molecule has 1 amide bonds. The highest BCUT2D eigenvalue weighted by Crippen LogP contribution is 2.31. The van der Waals surface area contributed by atoms with Crippen LogP contribution in [0.15, 0.2) is 6.07 Å². The Balaban J connectivity index is 1.68. The third-order valence-corrected chi connectivity index (χ3v) is 3.75. The van der Waals surface area contributed by atoms with Gasteiger partial charge in [0.2, 0.25) is 5.91 Å². The molecule has 1 aromatic rings. The van der Waals surface area contributed by atoms with E-state index >= 15 is 0 Å². The molecule has 0 radical (unpaired) electrons. The molecule has 0 spiro atoms. The van der Waals surface area contributed by atoms with Gasteiger partial charge in [-0.3, -0.25) is 4.79 Å². The Kier molecular flexibility index (Phi) is 3.12. The summed E-state index contributed by atoms with van der Waals surface area (Å²) < 4.78 is 0. The summed E-state index contributed by atoms with van der Waals surface area (Å²) in [6.07, 6.45) is 3.83. The van der Waals surface area contributed by atoms with Crippen molar-refractivity contribution in [3.8, 4) is 0 Å². The Hall–Kier alpha value is -1.65. The SMILES string of the molecule is CCc1cc(NC2CC(=O)N(C3CC3)C2)nc(C)n1. The van der Waals surface area contributed by atoms with E-state index in [2.05, 4.69) is 22.2 Å². The Morgan fingerprint density at radius 2 is 2.21 bits per heavy atom. The molecule has 0 aromatic carbocycles. The van der Waals surface area contributed by atoms with Gasteiger partial charge in [0.1, 0.15) is 11.6 Å². The average molecular weight is 260 g/mol. The molecular weight excluding hydrogens is 240 g/mol. The first-order valence-electron chi connectivity index (χ1n) is 7.06. The fourth-order valence-electron chi connectivity index (χ4n) is 2.66. The van der Waals surface area contributed by atoms with Crippen molar-refractivity contribution in [2.75, 3.05) is 11.9 Å². The molecule has 2 heterocycles. The smallest absolute Gasteiger partial charge is 0.225 e. The first-order valence-corrected chi connectivity index (χ1v) is 7.06. The second-order valence-corrected chi connectivity index (χ2v) is 5.47. The fraction of sp³-hybridized carbons (Fsp3) is 0.643. The molecule has 102 valence electrons. The fourth-order valence-corrected chi connectivity index (χ4v) is 2.66. The number of carbonyl (C=O) groups is 1. The van der Waals surface area contributed by atoms with E-state index in [4.69, 9.17) is 0 Å². The van der Waals surface area contributed by atoms with E-state index < -0.39 is 0 Å². The first-order chi connectivity index (χ1) is 9.15. The summed E-state index contributed by atoms with van der Waals surface area (Å²) in [6.45, 7) is 4.80. The van der Waals surface area contributed by atoms with Crippen LogP contribution in [-0.2, 0) is 11.2 Å². The third kappa shape index (κ3) is 2.69. The maximum atomic E-state index is 11.9. The molecule has 1 saturated heterocycles. The summed E-state index contributed by atoms with van der Waals surface area (Å²) in [5.74, 6) is 1.91. The van der Waals surface area contributed by atoms with Crippen LogP contribution in [0.25, 0.3) is 0 Å². The summed E-state index contributed by atoms with van der Waals surface area (Å²) in [5, 5.41) is 3.39. The predicted octanol–water partition coefficient (Wildman–Crippen LogP) is 1.52. The largest absolute Gasteiger partial charge is 0.365 e. The molecule has 1 aliphatic heterocycles. The number of nitrogens with one attached hydrogen (secondary N) is 1. The van der Waals surface area contributed by atoms with Gasteiger partial charge >= 0.3 is 0 Å². The van der Waals surface area contributed by atoms with Crippen molar-refractivity contribution in [1.82, 2.24) is 14.9 Å². The maximum absolute atomic E-state index is 11.9. The van der Waals surface area contributed by atoms with Crippen molar-refractivity contribution in [2.45, 2.75) is 51.6 Å². The zero-order chi connectivity index (χ0) is 13.4. The lowest BCUT2D eigenvalue weighted by Crippen LogP contribution is -2.30. The monoisotopic (exact) mass is 260 g/mol. The lowest BCUT2D eigenvalue weighted by Gasteiger charge is -2.16. The van der Waals surface area contributed by atoms with E-state index in [0.29, 0.717) is 12.5 Å². The number of aromatic nitrogens is 2. The van der Waals surface area contributed by atoms with Crippen LogP contribution >= 0.6 is 0 Å². The van der Waals surface area contributed by atoms with Crippen LogP contribution in [0.1, 0.15) is 37.7 Å². The summed E-state index contributed by atoms with van der Waals surface area (Å²) in [5.41, 5.74) is 1.04. The molecule has 0 bridgehead atoms. The van der Waals surface area contributed by atoms with Crippen molar-refractivity contribution in [3.63, 3.8) is 0 Å². The van der Waals surface area contributed by atoms with Crippen LogP contribution in [0.3, 0.4) is 0 Å². The average Bonchev–Trinajstić information content (AvgIpc) is 3.14. The highest BCUT2D eigenvalue weighted by Gasteiger charge is 2.39. The van der Waals surface area contributed by atoms with E-state index in [0.717, 1.165) is 30.3 Å². The van der Waals surface area contributed by atoms with E-state index in [-0.39, 0.29) is 11.9 Å². The van der Waals surface area contributed by atoms with Gasteiger partial charge in [0.05, 0.1) is 6.04 Å². The van der Waals surface area contributed by atoms with E-state index in [9.17, 15) is 4.79 Å². The summed E-state index contributed by atoms with van der Waals surface area (Å²) in [4.78, 5) is 22.7. The van der Waals surface area contributed by atoms with Gasteiger partial charge in [-0.2, -0.15) is 0 Å². The van der Waals surface area contributed by atoms with Crippen molar-refractivity contribution >= 4 is 11.7 Å². The van der Waals surface area contributed by atoms with E-state index in [1.165, 1.54) is 12.8 Å². The van der Waals surface area contributed by atoms with Gasteiger partial charge in [0.25, 0.3) is 0 Å². The molecule has 2 aliphatic rings. The Labute approximate surface area is 113 Å². The number of hydrogen-bond donors (Lipinski definition) is 1. The van der Waals surface area contributed by atoms with Gasteiger partial charge in [0, 0.05) is 30.8 Å². The van der Waals surface area contributed by atoms with Crippen molar-refractivity contribution in [1.29, 1.82) is 0 Å². The van der Waals surface area contributed by atoms with Crippen LogP contribution in [0.5, 0.6) is 0 Å².